The molecule has 1 saturated carbocycles. The summed E-state index contributed by atoms with van der Waals surface area (Å²) in [6, 6.07) is 5.58. The molecule has 0 bridgehead atoms. The minimum Gasteiger partial charge on any atom is -0.482 e. The third-order valence-corrected chi connectivity index (χ3v) is 5.83. The lowest BCUT2D eigenvalue weighted by molar-refractivity contribution is -0.129. The van der Waals surface area contributed by atoms with Gasteiger partial charge in [0.15, 0.2) is 6.61 Å². The number of hydrogen-bond donors (Lipinski definition) is 2. The molecule has 150 valence electrons. The van der Waals surface area contributed by atoms with Gasteiger partial charge >= 0.3 is 0 Å². The van der Waals surface area contributed by atoms with Crippen molar-refractivity contribution in [2.75, 3.05) is 18.5 Å². The molecular formula is C21H27N3O4. The Kier molecular flexibility index (Phi) is 5.50. The second-order valence-electron chi connectivity index (χ2n) is 8.00. The molecule has 0 spiro atoms. The van der Waals surface area contributed by atoms with E-state index in [0.29, 0.717) is 30.4 Å². The molecule has 1 aromatic rings. The van der Waals surface area contributed by atoms with E-state index in [0.717, 1.165) is 18.4 Å². The van der Waals surface area contributed by atoms with Crippen LogP contribution in [-0.2, 0) is 20.8 Å². The third kappa shape index (κ3) is 4.29. The number of hydrogen-bond acceptors (Lipinski definition) is 4. The number of benzene rings is 1. The van der Waals surface area contributed by atoms with Gasteiger partial charge in [-0.1, -0.05) is 31.7 Å². The zero-order chi connectivity index (χ0) is 19.5. The van der Waals surface area contributed by atoms with Crippen molar-refractivity contribution in [2.24, 2.45) is 0 Å². The predicted molar refractivity (Wildman–Crippen MR) is 104 cm³/mol. The Balaban J connectivity index is 1.32. The lowest BCUT2D eigenvalue weighted by atomic mass is 10.1. The zero-order valence-corrected chi connectivity index (χ0v) is 16.0. The van der Waals surface area contributed by atoms with Gasteiger partial charge in [-0.25, -0.2) is 0 Å². The number of carbonyl (C=O) groups is 3. The molecule has 2 heterocycles. The number of ether oxygens (including phenoxy) is 1. The average molecular weight is 385 g/mol. The maximum absolute atomic E-state index is 12.5. The summed E-state index contributed by atoms with van der Waals surface area (Å²) in [6.45, 7) is 0.628. The molecule has 4 rings (SSSR count). The number of fused-ring (bicyclic) bond motifs is 1. The largest absolute Gasteiger partial charge is 0.482 e. The minimum absolute atomic E-state index is 0.0139. The normalized spacial score (nSPS) is 22.9. The fourth-order valence-electron chi connectivity index (χ4n) is 4.46. The van der Waals surface area contributed by atoms with Crippen LogP contribution < -0.4 is 15.4 Å². The molecule has 7 heteroatoms. The lowest BCUT2D eigenvalue weighted by Gasteiger charge is -2.27. The summed E-state index contributed by atoms with van der Waals surface area (Å²) in [5.41, 5.74) is 1.39. The van der Waals surface area contributed by atoms with Gasteiger partial charge < -0.3 is 20.3 Å². The molecule has 1 aromatic carbocycles. The zero-order valence-electron chi connectivity index (χ0n) is 16.0. The van der Waals surface area contributed by atoms with E-state index in [2.05, 4.69) is 10.6 Å². The maximum Gasteiger partial charge on any atom is 0.262 e. The highest BCUT2D eigenvalue weighted by Crippen LogP contribution is 2.29. The molecule has 3 amide bonds. The van der Waals surface area contributed by atoms with E-state index in [1.54, 1.807) is 12.1 Å². The van der Waals surface area contributed by atoms with Crippen molar-refractivity contribution in [1.82, 2.24) is 10.2 Å². The van der Waals surface area contributed by atoms with E-state index < -0.39 is 0 Å². The highest BCUT2D eigenvalue weighted by Gasteiger charge is 2.35. The highest BCUT2D eigenvalue weighted by molar-refractivity contribution is 5.95. The predicted octanol–water partition coefficient (Wildman–Crippen LogP) is 2.00. The summed E-state index contributed by atoms with van der Waals surface area (Å²) >= 11 is 0. The van der Waals surface area contributed by atoms with Crippen LogP contribution in [0.5, 0.6) is 5.75 Å². The van der Waals surface area contributed by atoms with Crippen LogP contribution in [0.1, 0.15) is 50.5 Å². The number of anilines is 1. The molecule has 7 nitrogen and oxygen atoms in total. The first-order valence-electron chi connectivity index (χ1n) is 10.2. The first-order chi connectivity index (χ1) is 13.6. The van der Waals surface area contributed by atoms with E-state index in [1.807, 2.05) is 11.0 Å². The topological polar surface area (TPSA) is 87.7 Å². The molecule has 2 N–H and O–H groups in total. The fraction of sp³-hybridized carbons (Fsp3) is 0.571. The van der Waals surface area contributed by atoms with Crippen molar-refractivity contribution >= 4 is 23.4 Å². The summed E-state index contributed by atoms with van der Waals surface area (Å²) in [7, 11) is 0. The van der Waals surface area contributed by atoms with Crippen LogP contribution in [0.15, 0.2) is 18.2 Å². The van der Waals surface area contributed by atoms with Crippen LogP contribution in [0.3, 0.4) is 0 Å². The summed E-state index contributed by atoms with van der Waals surface area (Å²) in [4.78, 5) is 38.4. The van der Waals surface area contributed by atoms with Crippen LogP contribution in [0.4, 0.5) is 5.69 Å². The quantitative estimate of drug-likeness (QED) is 0.776. The van der Waals surface area contributed by atoms with Gasteiger partial charge in [-0.2, -0.15) is 0 Å². The molecule has 3 aliphatic rings. The molecule has 1 atom stereocenters. The smallest absolute Gasteiger partial charge is 0.262 e. The molecule has 0 radical (unpaired) electrons. The van der Waals surface area contributed by atoms with Gasteiger partial charge in [0.25, 0.3) is 5.91 Å². The number of nitrogens with one attached hydrogen (secondary N) is 2. The number of likely N-dealkylation sites (tertiary alicyclic amines) is 1. The molecule has 1 aliphatic carbocycles. The average Bonchev–Trinajstić information content (AvgIpc) is 2.86. The first kappa shape index (κ1) is 18.8. The van der Waals surface area contributed by atoms with E-state index in [9.17, 15) is 14.4 Å². The van der Waals surface area contributed by atoms with Gasteiger partial charge in [0.05, 0.1) is 18.2 Å². The summed E-state index contributed by atoms with van der Waals surface area (Å²) in [6.07, 6.45) is 7.63. The molecule has 2 aliphatic heterocycles. The first-order valence-corrected chi connectivity index (χ1v) is 10.2. The van der Waals surface area contributed by atoms with E-state index in [1.165, 1.54) is 25.7 Å². The maximum atomic E-state index is 12.5. The molecular weight excluding hydrogens is 358 g/mol. The van der Waals surface area contributed by atoms with Crippen molar-refractivity contribution in [1.29, 1.82) is 0 Å². The van der Waals surface area contributed by atoms with Gasteiger partial charge in [0.2, 0.25) is 11.8 Å². The summed E-state index contributed by atoms with van der Waals surface area (Å²) in [5.74, 6) is 0.468. The van der Waals surface area contributed by atoms with Crippen LogP contribution in [0.2, 0.25) is 0 Å². The second kappa shape index (κ2) is 8.20. The van der Waals surface area contributed by atoms with Gasteiger partial charge in [0.1, 0.15) is 5.75 Å². The number of amides is 3. The van der Waals surface area contributed by atoms with Gasteiger partial charge in [0, 0.05) is 19.0 Å². The van der Waals surface area contributed by atoms with Crippen LogP contribution >= 0.6 is 0 Å². The number of nitrogens with zero attached hydrogens (tertiary/aromatic N) is 1. The fourth-order valence-corrected chi connectivity index (χ4v) is 4.46. The standard InChI is InChI=1S/C21H27N3O4/c25-19(10-14-7-8-18-17(9-14)23-20(26)13-28-18)22-15-11-21(27)24(12-15)16-5-3-1-2-4-6-16/h7-9,15-16H,1-6,10-13H2,(H,22,25)(H,23,26). The number of rotatable bonds is 4. The SMILES string of the molecule is O=C1COc2ccc(CC(=O)NC3CC(=O)N(C4CCCCCC4)C3)cc2N1. The minimum atomic E-state index is -0.197. The molecule has 1 saturated heterocycles. The second-order valence-corrected chi connectivity index (χ2v) is 8.00. The van der Waals surface area contributed by atoms with Crippen molar-refractivity contribution < 1.29 is 19.1 Å². The molecule has 2 fully saturated rings. The summed E-state index contributed by atoms with van der Waals surface area (Å²) in [5, 5.41) is 5.76. The highest BCUT2D eigenvalue weighted by atomic mass is 16.5. The van der Waals surface area contributed by atoms with Gasteiger partial charge in [-0.3, -0.25) is 14.4 Å². The third-order valence-electron chi connectivity index (χ3n) is 5.83. The Hall–Kier alpha value is -2.57. The Morgan fingerprint density at radius 3 is 2.75 bits per heavy atom. The Bertz CT molecular complexity index is 771. The lowest BCUT2D eigenvalue weighted by Crippen LogP contribution is -2.41. The molecule has 0 aromatic heterocycles. The number of carbonyl (C=O) groups excluding carboxylic acids is 3. The van der Waals surface area contributed by atoms with Crippen molar-refractivity contribution in [3.63, 3.8) is 0 Å². The van der Waals surface area contributed by atoms with Crippen LogP contribution in [0.25, 0.3) is 0 Å². The molecule has 1 unspecified atom stereocenters. The molecule has 28 heavy (non-hydrogen) atoms. The van der Waals surface area contributed by atoms with Crippen molar-refractivity contribution in [3.8, 4) is 5.75 Å². The van der Waals surface area contributed by atoms with Gasteiger partial charge in [-0.05, 0) is 30.5 Å². The monoisotopic (exact) mass is 385 g/mol. The van der Waals surface area contributed by atoms with E-state index in [4.69, 9.17) is 4.74 Å². The Labute approximate surface area is 164 Å². The van der Waals surface area contributed by atoms with E-state index in [-0.39, 0.29) is 36.8 Å². The van der Waals surface area contributed by atoms with Crippen molar-refractivity contribution in [2.45, 2.75) is 63.5 Å². The van der Waals surface area contributed by atoms with E-state index >= 15 is 0 Å². The Morgan fingerprint density at radius 1 is 1.18 bits per heavy atom. The summed E-state index contributed by atoms with van der Waals surface area (Å²) < 4.78 is 5.34. The van der Waals surface area contributed by atoms with Crippen molar-refractivity contribution in [3.05, 3.63) is 23.8 Å². The van der Waals surface area contributed by atoms with Crippen LogP contribution in [0, 0.1) is 0 Å². The van der Waals surface area contributed by atoms with Gasteiger partial charge in [-0.15, -0.1) is 0 Å². The van der Waals surface area contributed by atoms with Crippen LogP contribution in [-0.4, -0.2) is 47.9 Å². The Morgan fingerprint density at radius 2 is 1.96 bits per heavy atom.